The molecule has 31 heavy (non-hydrogen) atoms. The lowest BCUT2D eigenvalue weighted by atomic mass is 10.2. The first-order valence-corrected chi connectivity index (χ1v) is 11.7. The van der Waals surface area contributed by atoms with E-state index in [1.165, 1.54) is 4.31 Å². The molecule has 2 aromatic carbocycles. The lowest BCUT2D eigenvalue weighted by molar-refractivity contribution is 0.0698. The van der Waals surface area contributed by atoms with Crippen LogP contribution in [0.25, 0.3) is 0 Å². The Hall–Kier alpha value is -2.97. The van der Waals surface area contributed by atoms with Gasteiger partial charge in [0.25, 0.3) is 5.91 Å². The summed E-state index contributed by atoms with van der Waals surface area (Å²) < 4.78 is 30.0. The van der Waals surface area contributed by atoms with Crippen molar-refractivity contribution in [3.8, 4) is 0 Å². The fourth-order valence-electron chi connectivity index (χ4n) is 3.99. The van der Waals surface area contributed by atoms with Crippen LogP contribution in [0.5, 0.6) is 0 Å². The SMILES string of the molecule is Cc1nn(Cc2ccccc2)c(C)c1S(=O)(=O)N1CCN(C(=O)c2ccccc2)CC1. The second kappa shape index (κ2) is 8.64. The number of aromatic nitrogens is 2. The molecule has 0 bridgehead atoms. The van der Waals surface area contributed by atoms with Gasteiger partial charge in [0.15, 0.2) is 0 Å². The molecule has 0 atom stereocenters. The van der Waals surface area contributed by atoms with Gasteiger partial charge in [-0.25, -0.2) is 8.42 Å². The largest absolute Gasteiger partial charge is 0.336 e. The second-order valence-electron chi connectivity index (χ2n) is 7.71. The van der Waals surface area contributed by atoms with Gasteiger partial charge in [-0.1, -0.05) is 48.5 Å². The Balaban J connectivity index is 1.50. The molecule has 1 aliphatic heterocycles. The molecule has 1 aliphatic rings. The van der Waals surface area contributed by atoms with Crippen LogP contribution in [0.2, 0.25) is 0 Å². The minimum atomic E-state index is -3.70. The third kappa shape index (κ3) is 4.26. The highest BCUT2D eigenvalue weighted by molar-refractivity contribution is 7.89. The van der Waals surface area contributed by atoms with Crippen LogP contribution in [0.15, 0.2) is 65.6 Å². The van der Waals surface area contributed by atoms with E-state index in [1.54, 1.807) is 35.6 Å². The van der Waals surface area contributed by atoms with Crippen molar-refractivity contribution < 1.29 is 13.2 Å². The molecule has 0 saturated carbocycles. The van der Waals surface area contributed by atoms with Gasteiger partial charge in [-0.15, -0.1) is 0 Å². The first kappa shape index (κ1) is 21.3. The molecule has 7 nitrogen and oxygen atoms in total. The zero-order valence-corrected chi connectivity index (χ0v) is 18.5. The minimum absolute atomic E-state index is 0.0688. The molecule has 8 heteroatoms. The van der Waals surface area contributed by atoms with E-state index in [-0.39, 0.29) is 23.9 Å². The van der Waals surface area contributed by atoms with Crippen LogP contribution < -0.4 is 0 Å². The topological polar surface area (TPSA) is 75.5 Å². The average molecular weight is 439 g/mol. The first-order valence-electron chi connectivity index (χ1n) is 10.3. The van der Waals surface area contributed by atoms with Gasteiger partial charge in [-0.2, -0.15) is 9.40 Å². The smallest absolute Gasteiger partial charge is 0.253 e. The van der Waals surface area contributed by atoms with Crippen molar-refractivity contribution in [2.45, 2.75) is 25.3 Å². The Morgan fingerprint density at radius 3 is 2.10 bits per heavy atom. The van der Waals surface area contributed by atoms with E-state index < -0.39 is 10.0 Å². The number of carbonyl (C=O) groups excluding carboxylic acids is 1. The molecule has 162 valence electrons. The Bertz CT molecular complexity index is 1170. The summed E-state index contributed by atoms with van der Waals surface area (Å²) in [5.41, 5.74) is 2.80. The zero-order valence-electron chi connectivity index (χ0n) is 17.7. The number of aryl methyl sites for hydroxylation is 1. The van der Waals surface area contributed by atoms with Crippen LogP contribution in [-0.2, 0) is 16.6 Å². The predicted molar refractivity (Wildman–Crippen MR) is 118 cm³/mol. The number of amides is 1. The summed E-state index contributed by atoms with van der Waals surface area (Å²) >= 11 is 0. The van der Waals surface area contributed by atoms with Gasteiger partial charge in [0.2, 0.25) is 10.0 Å². The Morgan fingerprint density at radius 2 is 1.48 bits per heavy atom. The van der Waals surface area contributed by atoms with Crippen molar-refractivity contribution in [2.24, 2.45) is 0 Å². The van der Waals surface area contributed by atoms with Gasteiger partial charge < -0.3 is 4.90 Å². The van der Waals surface area contributed by atoms with Crippen LogP contribution in [0.3, 0.4) is 0 Å². The van der Waals surface area contributed by atoms with Gasteiger partial charge in [-0.3, -0.25) is 9.48 Å². The Kier molecular flexibility index (Phi) is 5.93. The lowest BCUT2D eigenvalue weighted by Gasteiger charge is -2.34. The van der Waals surface area contributed by atoms with Crippen molar-refractivity contribution in [1.29, 1.82) is 0 Å². The summed E-state index contributed by atoms with van der Waals surface area (Å²) in [5.74, 6) is -0.0688. The molecular weight excluding hydrogens is 412 g/mol. The maximum absolute atomic E-state index is 13.4. The van der Waals surface area contributed by atoms with E-state index in [1.807, 2.05) is 48.5 Å². The molecule has 0 N–H and O–H groups in total. The number of benzene rings is 2. The van der Waals surface area contributed by atoms with E-state index in [0.29, 0.717) is 36.6 Å². The molecule has 1 saturated heterocycles. The van der Waals surface area contributed by atoms with Gasteiger partial charge in [-0.05, 0) is 31.5 Å². The molecule has 4 rings (SSSR count). The standard InChI is InChI=1S/C23H26N4O3S/c1-18-22(19(2)27(24-18)17-20-9-5-3-6-10-20)31(29,30)26-15-13-25(14-16-26)23(28)21-11-7-4-8-12-21/h3-12H,13-17H2,1-2H3. The summed E-state index contributed by atoms with van der Waals surface area (Å²) in [5, 5.41) is 4.50. The second-order valence-corrected chi connectivity index (χ2v) is 9.58. The summed E-state index contributed by atoms with van der Waals surface area (Å²) in [6.07, 6.45) is 0. The quantitative estimate of drug-likeness (QED) is 0.614. The summed E-state index contributed by atoms with van der Waals surface area (Å²) in [6, 6.07) is 18.9. The molecule has 1 fully saturated rings. The number of rotatable bonds is 5. The van der Waals surface area contributed by atoms with E-state index in [9.17, 15) is 13.2 Å². The van der Waals surface area contributed by atoms with Gasteiger partial charge in [0.1, 0.15) is 4.90 Å². The normalized spacial score (nSPS) is 15.2. The van der Waals surface area contributed by atoms with E-state index in [0.717, 1.165) is 5.56 Å². The maximum atomic E-state index is 13.4. The fraction of sp³-hybridized carbons (Fsp3) is 0.304. The maximum Gasteiger partial charge on any atom is 0.253 e. The molecule has 1 aromatic heterocycles. The zero-order chi connectivity index (χ0) is 22.0. The summed E-state index contributed by atoms with van der Waals surface area (Å²) in [7, 11) is -3.70. The van der Waals surface area contributed by atoms with E-state index >= 15 is 0 Å². The van der Waals surface area contributed by atoms with Crippen LogP contribution in [-0.4, -0.2) is 59.5 Å². The number of nitrogens with zero attached hydrogens (tertiary/aromatic N) is 4. The van der Waals surface area contributed by atoms with Crippen molar-refractivity contribution in [1.82, 2.24) is 19.0 Å². The number of carbonyl (C=O) groups is 1. The number of sulfonamides is 1. The average Bonchev–Trinajstić information content (AvgIpc) is 3.08. The third-order valence-electron chi connectivity index (χ3n) is 5.63. The highest BCUT2D eigenvalue weighted by Gasteiger charge is 2.34. The Morgan fingerprint density at radius 1 is 0.903 bits per heavy atom. The highest BCUT2D eigenvalue weighted by atomic mass is 32.2. The van der Waals surface area contributed by atoms with Crippen LogP contribution in [0.1, 0.15) is 27.3 Å². The molecule has 0 spiro atoms. The van der Waals surface area contributed by atoms with Crippen molar-refractivity contribution >= 4 is 15.9 Å². The Labute approximate surface area is 183 Å². The molecule has 2 heterocycles. The minimum Gasteiger partial charge on any atom is -0.336 e. The molecule has 0 unspecified atom stereocenters. The van der Waals surface area contributed by atoms with Crippen LogP contribution >= 0.6 is 0 Å². The molecule has 0 radical (unpaired) electrons. The van der Waals surface area contributed by atoms with Crippen molar-refractivity contribution in [3.05, 3.63) is 83.2 Å². The van der Waals surface area contributed by atoms with Crippen LogP contribution in [0, 0.1) is 13.8 Å². The van der Waals surface area contributed by atoms with Crippen molar-refractivity contribution in [2.75, 3.05) is 26.2 Å². The third-order valence-corrected chi connectivity index (χ3v) is 7.79. The summed E-state index contributed by atoms with van der Waals surface area (Å²) in [6.45, 7) is 5.31. The molecular formula is C23H26N4O3S. The van der Waals surface area contributed by atoms with E-state index in [4.69, 9.17) is 0 Å². The van der Waals surface area contributed by atoms with Gasteiger partial charge in [0, 0.05) is 31.7 Å². The number of piperazine rings is 1. The fourth-order valence-corrected chi connectivity index (χ4v) is 5.78. The lowest BCUT2D eigenvalue weighted by Crippen LogP contribution is -2.50. The predicted octanol–water partition coefficient (Wildman–Crippen LogP) is 2.69. The monoisotopic (exact) mass is 438 g/mol. The molecule has 1 amide bonds. The number of hydrogen-bond acceptors (Lipinski definition) is 4. The molecule has 0 aliphatic carbocycles. The number of hydrogen-bond donors (Lipinski definition) is 0. The van der Waals surface area contributed by atoms with E-state index in [2.05, 4.69) is 5.10 Å². The highest BCUT2D eigenvalue weighted by Crippen LogP contribution is 2.25. The van der Waals surface area contributed by atoms with Gasteiger partial charge >= 0.3 is 0 Å². The molecule has 3 aromatic rings. The van der Waals surface area contributed by atoms with Crippen LogP contribution in [0.4, 0.5) is 0 Å². The van der Waals surface area contributed by atoms with Crippen molar-refractivity contribution in [3.63, 3.8) is 0 Å². The first-order chi connectivity index (χ1) is 14.9. The van der Waals surface area contributed by atoms with Gasteiger partial charge in [0.05, 0.1) is 17.9 Å². The summed E-state index contributed by atoms with van der Waals surface area (Å²) in [4.78, 5) is 14.6.